The van der Waals surface area contributed by atoms with Gasteiger partial charge in [-0.15, -0.1) is 0 Å². The molecule has 1 heterocycles. The topological polar surface area (TPSA) is 105 Å². The molecule has 27 heavy (non-hydrogen) atoms. The van der Waals surface area contributed by atoms with E-state index in [1.807, 2.05) is 13.8 Å². The summed E-state index contributed by atoms with van der Waals surface area (Å²) >= 11 is 0. The molecule has 0 saturated carbocycles. The minimum atomic E-state index is -1.25. The number of aromatic carboxylic acids is 1. The normalized spacial score (nSPS) is 17.5. The van der Waals surface area contributed by atoms with Gasteiger partial charge in [0.25, 0.3) is 0 Å². The van der Waals surface area contributed by atoms with Crippen molar-refractivity contribution in [3.05, 3.63) is 65.4 Å². The molecule has 0 bridgehead atoms. The lowest BCUT2D eigenvalue weighted by Crippen LogP contribution is -2.34. The van der Waals surface area contributed by atoms with E-state index in [4.69, 9.17) is 14.6 Å². The van der Waals surface area contributed by atoms with E-state index in [1.54, 1.807) is 24.3 Å². The Kier molecular flexibility index (Phi) is 5.14. The van der Waals surface area contributed by atoms with Gasteiger partial charge in [-0.2, -0.15) is 0 Å². The molecule has 0 spiro atoms. The van der Waals surface area contributed by atoms with Gasteiger partial charge in [-0.1, -0.05) is 18.2 Å². The van der Waals surface area contributed by atoms with Gasteiger partial charge in [-0.25, -0.2) is 4.79 Å². The SMILES string of the molecule is CC(C)O[C@H]1Oc2ccccc2C(=O)/C1=C/Nc1cccc(C(=O)O)c1O. The average molecular weight is 369 g/mol. The molecule has 140 valence electrons. The fourth-order valence-electron chi connectivity index (χ4n) is 2.67. The van der Waals surface area contributed by atoms with Gasteiger partial charge >= 0.3 is 5.97 Å². The fraction of sp³-hybridized carbons (Fsp3) is 0.200. The summed E-state index contributed by atoms with van der Waals surface area (Å²) in [6.45, 7) is 3.64. The zero-order valence-electron chi connectivity index (χ0n) is 14.8. The summed E-state index contributed by atoms with van der Waals surface area (Å²) in [5.41, 5.74) is 0.516. The van der Waals surface area contributed by atoms with Crippen LogP contribution in [-0.2, 0) is 4.74 Å². The van der Waals surface area contributed by atoms with Crippen LogP contribution >= 0.6 is 0 Å². The van der Waals surface area contributed by atoms with Crippen LogP contribution in [0.2, 0.25) is 0 Å². The Labute approximate surface area is 155 Å². The number of carboxylic acids is 1. The van der Waals surface area contributed by atoms with E-state index in [9.17, 15) is 14.7 Å². The molecule has 1 aliphatic heterocycles. The molecule has 0 amide bonds. The molecular weight excluding hydrogens is 350 g/mol. The van der Waals surface area contributed by atoms with Gasteiger partial charge in [0.2, 0.25) is 6.29 Å². The van der Waals surface area contributed by atoms with E-state index in [0.717, 1.165) is 0 Å². The lowest BCUT2D eigenvalue weighted by atomic mass is 10.00. The zero-order chi connectivity index (χ0) is 19.6. The van der Waals surface area contributed by atoms with Crippen molar-refractivity contribution in [1.82, 2.24) is 0 Å². The Balaban J connectivity index is 1.96. The van der Waals surface area contributed by atoms with Crippen LogP contribution < -0.4 is 10.1 Å². The first-order chi connectivity index (χ1) is 12.9. The quantitative estimate of drug-likeness (QED) is 0.548. The molecule has 0 saturated heterocycles. The van der Waals surface area contributed by atoms with E-state index in [-0.39, 0.29) is 28.7 Å². The van der Waals surface area contributed by atoms with Crippen molar-refractivity contribution in [2.24, 2.45) is 0 Å². The number of phenols is 1. The predicted octanol–water partition coefficient (Wildman–Crippen LogP) is 3.41. The first-order valence-corrected chi connectivity index (χ1v) is 8.36. The van der Waals surface area contributed by atoms with E-state index < -0.39 is 18.0 Å². The number of carbonyl (C=O) groups is 2. The molecule has 0 aliphatic carbocycles. The van der Waals surface area contributed by atoms with E-state index in [1.165, 1.54) is 24.4 Å². The van der Waals surface area contributed by atoms with Gasteiger partial charge < -0.3 is 25.0 Å². The highest BCUT2D eigenvalue weighted by Gasteiger charge is 2.33. The number of hydrogen-bond acceptors (Lipinski definition) is 6. The minimum absolute atomic E-state index is 0.150. The monoisotopic (exact) mass is 369 g/mol. The van der Waals surface area contributed by atoms with Crippen LogP contribution in [0, 0.1) is 0 Å². The Morgan fingerprint density at radius 3 is 2.67 bits per heavy atom. The van der Waals surface area contributed by atoms with Crippen LogP contribution in [0.1, 0.15) is 34.6 Å². The second-order valence-electron chi connectivity index (χ2n) is 6.21. The van der Waals surface area contributed by atoms with Crippen LogP contribution in [0.4, 0.5) is 5.69 Å². The van der Waals surface area contributed by atoms with Crippen LogP contribution in [0.15, 0.2) is 54.2 Å². The molecule has 3 N–H and O–H groups in total. The molecule has 1 atom stereocenters. The summed E-state index contributed by atoms with van der Waals surface area (Å²) in [6.07, 6.45) is 0.247. The molecule has 2 aromatic rings. The Morgan fingerprint density at radius 1 is 1.22 bits per heavy atom. The van der Waals surface area contributed by atoms with Gasteiger partial charge in [0.05, 0.1) is 22.9 Å². The second-order valence-corrected chi connectivity index (χ2v) is 6.21. The number of para-hydroxylation sites is 2. The van der Waals surface area contributed by atoms with Crippen LogP contribution in [0.5, 0.6) is 11.5 Å². The van der Waals surface area contributed by atoms with Crippen molar-refractivity contribution in [3.8, 4) is 11.5 Å². The number of benzene rings is 2. The van der Waals surface area contributed by atoms with Gasteiger partial charge in [0.1, 0.15) is 11.3 Å². The van der Waals surface area contributed by atoms with Gasteiger partial charge in [-0.3, -0.25) is 4.79 Å². The summed E-state index contributed by atoms with van der Waals surface area (Å²) in [5.74, 6) is -1.52. The standard InChI is InChI=1S/C20H19NO6/c1-11(2)26-20-14(17(22)12-6-3-4-9-16(12)27-20)10-21-15-8-5-7-13(18(15)23)19(24)25/h3-11,20-21,23H,1-2H3,(H,24,25)/b14-10-/t20-/m0/s1. The third kappa shape index (κ3) is 3.78. The number of ketones is 1. The van der Waals surface area contributed by atoms with Crippen molar-refractivity contribution in [2.75, 3.05) is 5.32 Å². The second kappa shape index (κ2) is 7.51. The number of Topliss-reactive ketones (excluding diaryl/α,β-unsaturated/α-hetero) is 1. The maximum absolute atomic E-state index is 12.9. The largest absolute Gasteiger partial charge is 0.505 e. The van der Waals surface area contributed by atoms with Gasteiger partial charge in [0, 0.05) is 6.20 Å². The number of hydrogen-bond donors (Lipinski definition) is 3. The highest BCUT2D eigenvalue weighted by atomic mass is 16.7. The van der Waals surface area contributed by atoms with E-state index in [0.29, 0.717) is 11.3 Å². The van der Waals surface area contributed by atoms with Crippen molar-refractivity contribution in [3.63, 3.8) is 0 Å². The molecule has 7 nitrogen and oxygen atoms in total. The molecule has 1 aliphatic rings. The summed E-state index contributed by atoms with van der Waals surface area (Å²) in [4.78, 5) is 24.0. The van der Waals surface area contributed by atoms with Crippen LogP contribution in [-0.4, -0.2) is 34.4 Å². The third-order valence-electron chi connectivity index (χ3n) is 3.93. The molecule has 2 aromatic carbocycles. The van der Waals surface area contributed by atoms with E-state index >= 15 is 0 Å². The third-order valence-corrected chi connectivity index (χ3v) is 3.93. The molecule has 0 aromatic heterocycles. The van der Waals surface area contributed by atoms with Crippen molar-refractivity contribution >= 4 is 17.4 Å². The number of anilines is 1. The van der Waals surface area contributed by atoms with Crippen molar-refractivity contribution in [2.45, 2.75) is 26.2 Å². The Bertz CT molecular complexity index is 918. The minimum Gasteiger partial charge on any atom is -0.505 e. The van der Waals surface area contributed by atoms with Gasteiger partial charge in [0.15, 0.2) is 11.5 Å². The summed E-state index contributed by atoms with van der Waals surface area (Å²) in [7, 11) is 0. The molecule has 0 fully saturated rings. The smallest absolute Gasteiger partial charge is 0.339 e. The lowest BCUT2D eigenvalue weighted by Gasteiger charge is -2.28. The average Bonchev–Trinajstić information content (AvgIpc) is 2.62. The van der Waals surface area contributed by atoms with E-state index in [2.05, 4.69) is 5.32 Å². The highest BCUT2D eigenvalue weighted by Crippen LogP contribution is 2.32. The Hall–Kier alpha value is -3.32. The highest BCUT2D eigenvalue weighted by molar-refractivity contribution is 6.12. The maximum Gasteiger partial charge on any atom is 0.339 e. The lowest BCUT2D eigenvalue weighted by molar-refractivity contribution is -0.0847. The number of fused-ring (bicyclic) bond motifs is 1. The molecule has 0 unspecified atom stereocenters. The number of carbonyl (C=O) groups excluding carboxylic acids is 1. The first kappa shape index (κ1) is 18.5. The number of nitrogens with one attached hydrogen (secondary N) is 1. The predicted molar refractivity (Wildman–Crippen MR) is 98.2 cm³/mol. The number of rotatable bonds is 5. The molecule has 7 heteroatoms. The van der Waals surface area contributed by atoms with Crippen LogP contribution in [0.3, 0.4) is 0 Å². The summed E-state index contributed by atoms with van der Waals surface area (Å²) in [5, 5.41) is 22.0. The summed E-state index contributed by atoms with van der Waals surface area (Å²) < 4.78 is 11.5. The first-order valence-electron chi connectivity index (χ1n) is 8.36. The van der Waals surface area contributed by atoms with Gasteiger partial charge in [-0.05, 0) is 38.1 Å². The molecule has 3 rings (SSSR count). The number of aromatic hydroxyl groups is 1. The van der Waals surface area contributed by atoms with Crippen LogP contribution in [0.25, 0.3) is 0 Å². The summed E-state index contributed by atoms with van der Waals surface area (Å²) in [6, 6.07) is 11.1. The number of carboxylic acid groups (broad SMARTS) is 1. The van der Waals surface area contributed by atoms with Crippen molar-refractivity contribution in [1.29, 1.82) is 0 Å². The molecular formula is C20H19NO6. The number of ether oxygens (including phenoxy) is 2. The zero-order valence-corrected chi connectivity index (χ0v) is 14.8. The van der Waals surface area contributed by atoms with Crippen molar-refractivity contribution < 1.29 is 29.3 Å². The molecule has 0 radical (unpaired) electrons. The fourth-order valence-corrected chi connectivity index (χ4v) is 2.67. The maximum atomic E-state index is 12.9. The Morgan fingerprint density at radius 2 is 1.96 bits per heavy atom.